The van der Waals surface area contributed by atoms with Gasteiger partial charge in [0.1, 0.15) is 5.58 Å². The van der Waals surface area contributed by atoms with E-state index in [2.05, 4.69) is 4.99 Å². The molecule has 7 heteroatoms. The fourth-order valence-corrected chi connectivity index (χ4v) is 2.95. The van der Waals surface area contributed by atoms with E-state index in [-0.39, 0.29) is 11.9 Å². The zero-order chi connectivity index (χ0) is 17.6. The van der Waals surface area contributed by atoms with Crippen LogP contribution in [0.2, 0.25) is 0 Å². The lowest BCUT2D eigenvalue weighted by atomic mass is 10.1. The fourth-order valence-electron chi connectivity index (χ4n) is 2.95. The van der Waals surface area contributed by atoms with Crippen LogP contribution in [0.5, 0.6) is 0 Å². The van der Waals surface area contributed by atoms with Crippen molar-refractivity contribution in [2.24, 2.45) is 16.6 Å². The average molecular weight is 335 g/mol. The number of nitrogens with zero attached hydrogens (tertiary/aromatic N) is 3. The van der Waals surface area contributed by atoms with Crippen LogP contribution < -0.4 is 11.6 Å². The van der Waals surface area contributed by atoms with E-state index < -0.39 is 6.17 Å². The van der Waals surface area contributed by atoms with Crippen molar-refractivity contribution in [1.29, 1.82) is 0 Å². The first-order valence-corrected chi connectivity index (χ1v) is 7.80. The predicted octanol–water partition coefficient (Wildman–Crippen LogP) is 2.30. The molecule has 25 heavy (non-hydrogen) atoms. The van der Waals surface area contributed by atoms with E-state index in [1.165, 1.54) is 10.1 Å². The Morgan fingerprint density at radius 2 is 2.04 bits per heavy atom. The second-order valence-corrected chi connectivity index (χ2v) is 5.95. The SMILES string of the molecule is Cc1cccc(C(=O)N2C(N)=NC(c3ccc4occc4c3)N2N)c1. The number of furan rings is 1. The molecule has 0 radical (unpaired) electrons. The molecule has 126 valence electrons. The Labute approximate surface area is 144 Å². The minimum absolute atomic E-state index is 0.0614. The molecule has 4 rings (SSSR count). The highest BCUT2D eigenvalue weighted by molar-refractivity contribution is 6.05. The number of carbonyl (C=O) groups is 1. The van der Waals surface area contributed by atoms with Crippen LogP contribution in [0.25, 0.3) is 11.0 Å². The van der Waals surface area contributed by atoms with Gasteiger partial charge in [0.05, 0.1) is 6.26 Å². The van der Waals surface area contributed by atoms with Gasteiger partial charge in [-0.2, -0.15) is 5.01 Å². The van der Waals surface area contributed by atoms with Gasteiger partial charge in [0.25, 0.3) is 5.91 Å². The summed E-state index contributed by atoms with van der Waals surface area (Å²) in [6.07, 6.45) is 1.04. The predicted molar refractivity (Wildman–Crippen MR) is 94.0 cm³/mol. The van der Waals surface area contributed by atoms with Crippen molar-refractivity contribution in [3.05, 3.63) is 71.5 Å². The van der Waals surface area contributed by atoms with Gasteiger partial charge >= 0.3 is 0 Å². The topological polar surface area (TPSA) is 101 Å². The number of aryl methyl sites for hydroxylation is 1. The Hall–Kier alpha value is -3.16. The standard InChI is InChI=1S/C18H17N5O2/c1-11-3-2-4-14(9-11)17(24)22-18(19)21-16(23(22)20)13-5-6-15-12(10-13)7-8-25-15/h2-10,16H,20H2,1H3,(H2,19,21). The van der Waals surface area contributed by atoms with E-state index in [9.17, 15) is 4.79 Å². The maximum absolute atomic E-state index is 12.8. The summed E-state index contributed by atoms with van der Waals surface area (Å²) < 4.78 is 5.34. The van der Waals surface area contributed by atoms with Crippen molar-refractivity contribution in [3.8, 4) is 0 Å². The van der Waals surface area contributed by atoms with Crippen LogP contribution >= 0.6 is 0 Å². The molecule has 1 unspecified atom stereocenters. The Morgan fingerprint density at radius 1 is 1.20 bits per heavy atom. The Kier molecular flexibility index (Phi) is 3.52. The zero-order valence-corrected chi connectivity index (χ0v) is 13.6. The highest BCUT2D eigenvalue weighted by Gasteiger charge is 2.36. The molecule has 1 aromatic heterocycles. The summed E-state index contributed by atoms with van der Waals surface area (Å²) in [5.41, 5.74) is 9.05. The first kappa shape index (κ1) is 15.4. The van der Waals surface area contributed by atoms with Gasteiger partial charge in [-0.15, -0.1) is 5.12 Å². The first-order valence-electron chi connectivity index (χ1n) is 7.80. The van der Waals surface area contributed by atoms with Crippen LogP contribution in [0.1, 0.15) is 27.7 Å². The number of nitrogens with two attached hydrogens (primary N) is 2. The van der Waals surface area contributed by atoms with Gasteiger partial charge in [-0.3, -0.25) is 4.79 Å². The van der Waals surface area contributed by atoms with Crippen molar-refractivity contribution in [1.82, 2.24) is 10.1 Å². The molecule has 4 N–H and O–H groups in total. The summed E-state index contributed by atoms with van der Waals surface area (Å²) in [7, 11) is 0. The molecular formula is C18H17N5O2. The van der Waals surface area contributed by atoms with Gasteiger partial charge < -0.3 is 10.2 Å². The van der Waals surface area contributed by atoms with Crippen LogP contribution in [-0.4, -0.2) is 22.0 Å². The smallest absolute Gasteiger partial charge is 0.276 e. The fraction of sp³-hybridized carbons (Fsp3) is 0.111. The monoisotopic (exact) mass is 335 g/mol. The van der Waals surface area contributed by atoms with Gasteiger partial charge in [-0.05, 0) is 42.8 Å². The number of guanidine groups is 1. The normalized spacial score (nSPS) is 17.9. The van der Waals surface area contributed by atoms with Crippen LogP contribution in [-0.2, 0) is 0 Å². The molecule has 7 nitrogen and oxygen atoms in total. The number of aliphatic imine (C=N–C) groups is 1. The van der Waals surface area contributed by atoms with E-state index >= 15 is 0 Å². The van der Waals surface area contributed by atoms with Gasteiger partial charge in [-0.1, -0.05) is 23.8 Å². The van der Waals surface area contributed by atoms with Gasteiger partial charge in [-0.25, -0.2) is 10.8 Å². The summed E-state index contributed by atoms with van der Waals surface area (Å²) in [6, 6.07) is 14.7. The summed E-state index contributed by atoms with van der Waals surface area (Å²) in [5, 5.41) is 3.38. The number of fused-ring (bicyclic) bond motifs is 1. The maximum atomic E-state index is 12.8. The molecule has 0 aliphatic carbocycles. The highest BCUT2D eigenvalue weighted by atomic mass is 16.3. The van der Waals surface area contributed by atoms with Crippen molar-refractivity contribution in [2.75, 3.05) is 0 Å². The number of amides is 1. The van der Waals surface area contributed by atoms with Crippen molar-refractivity contribution in [2.45, 2.75) is 13.1 Å². The molecule has 0 saturated heterocycles. The second-order valence-electron chi connectivity index (χ2n) is 5.95. The molecule has 1 aliphatic heterocycles. The molecular weight excluding hydrogens is 318 g/mol. The maximum Gasteiger partial charge on any atom is 0.276 e. The Morgan fingerprint density at radius 3 is 2.84 bits per heavy atom. The Bertz CT molecular complexity index is 994. The number of hydrogen-bond acceptors (Lipinski definition) is 6. The van der Waals surface area contributed by atoms with E-state index in [0.29, 0.717) is 5.56 Å². The lowest BCUT2D eigenvalue weighted by Crippen LogP contribution is -2.52. The van der Waals surface area contributed by atoms with E-state index in [1.54, 1.807) is 18.4 Å². The molecule has 1 atom stereocenters. The second kappa shape index (κ2) is 5.73. The third-order valence-corrected chi connectivity index (χ3v) is 4.19. The molecule has 0 bridgehead atoms. The molecule has 2 heterocycles. The molecule has 0 saturated carbocycles. The van der Waals surface area contributed by atoms with E-state index in [4.69, 9.17) is 16.0 Å². The lowest BCUT2D eigenvalue weighted by Gasteiger charge is -2.26. The molecule has 3 aromatic rings. The molecule has 1 amide bonds. The largest absolute Gasteiger partial charge is 0.464 e. The van der Waals surface area contributed by atoms with Crippen molar-refractivity contribution >= 4 is 22.8 Å². The minimum Gasteiger partial charge on any atom is -0.464 e. The number of benzene rings is 2. The quantitative estimate of drug-likeness (QED) is 0.700. The third kappa shape index (κ3) is 2.55. The Balaban J connectivity index is 1.66. The summed E-state index contributed by atoms with van der Waals surface area (Å²) in [5.74, 6) is 5.90. The number of hydrogen-bond donors (Lipinski definition) is 2. The van der Waals surface area contributed by atoms with Crippen molar-refractivity contribution < 1.29 is 9.21 Å². The number of rotatable bonds is 2. The minimum atomic E-state index is -0.576. The third-order valence-electron chi connectivity index (χ3n) is 4.19. The number of carbonyl (C=O) groups excluding carboxylic acids is 1. The van der Waals surface area contributed by atoms with Gasteiger partial charge in [0.15, 0.2) is 6.17 Å². The molecule has 1 aliphatic rings. The van der Waals surface area contributed by atoms with E-state index in [0.717, 1.165) is 22.1 Å². The van der Waals surface area contributed by atoms with Crippen LogP contribution in [0.4, 0.5) is 0 Å². The van der Waals surface area contributed by atoms with Crippen LogP contribution in [0.3, 0.4) is 0 Å². The van der Waals surface area contributed by atoms with Crippen molar-refractivity contribution in [3.63, 3.8) is 0 Å². The summed E-state index contributed by atoms with van der Waals surface area (Å²) in [4.78, 5) is 17.1. The molecule has 0 fully saturated rings. The molecule has 0 spiro atoms. The first-order chi connectivity index (χ1) is 12.0. The van der Waals surface area contributed by atoms with Gasteiger partial charge in [0.2, 0.25) is 5.96 Å². The van der Waals surface area contributed by atoms with E-state index in [1.807, 2.05) is 43.3 Å². The average Bonchev–Trinajstić information content (AvgIpc) is 3.17. The van der Waals surface area contributed by atoms with Crippen LogP contribution in [0.15, 0.2) is 64.2 Å². The lowest BCUT2D eigenvalue weighted by molar-refractivity contribution is 0.0199. The summed E-state index contributed by atoms with van der Waals surface area (Å²) >= 11 is 0. The highest BCUT2D eigenvalue weighted by Crippen LogP contribution is 2.30. The van der Waals surface area contributed by atoms with Gasteiger partial charge in [0, 0.05) is 10.9 Å². The molecule has 2 aromatic carbocycles. The van der Waals surface area contributed by atoms with Crippen LogP contribution in [0, 0.1) is 6.92 Å². The number of hydrazine groups is 2. The zero-order valence-electron chi connectivity index (χ0n) is 13.6. The summed E-state index contributed by atoms with van der Waals surface area (Å²) in [6.45, 7) is 1.92.